The number of hydrogen-bond acceptors (Lipinski definition) is 10. The topological polar surface area (TPSA) is 145 Å². The monoisotopic (exact) mass is 739 g/mol. The second-order valence-electron chi connectivity index (χ2n) is 13.2. The van der Waals surface area contributed by atoms with Crippen molar-refractivity contribution in [3.63, 3.8) is 0 Å². The molecule has 0 spiro atoms. The molecule has 1 aliphatic heterocycles. The standard InChI is InChI=1S/C37H40F3N5O8/c1-36(2,3)53-32(46)16-14-28(34(48)44-19-17-43(18-20-44)26-12-8-9-24(21-26)37(38,39)40)41-33(47)29-22-31(45(42-29)25-10-6-5-7-11-25)51-23-27-13-15-30(52-27)35(49)50-4/h5-13,15,21-22,28H,14,16-20,23H2,1-4H3,(H,41,47)/t28-/m0/s1. The van der Waals surface area contributed by atoms with Crippen molar-refractivity contribution in [3.8, 4) is 11.6 Å². The summed E-state index contributed by atoms with van der Waals surface area (Å²) in [6.45, 7) is 5.85. The molecule has 282 valence electrons. The predicted octanol–water partition coefficient (Wildman–Crippen LogP) is 5.42. The number of furan rings is 1. The van der Waals surface area contributed by atoms with Crippen LogP contribution in [0.5, 0.6) is 5.88 Å². The Labute approximate surface area is 303 Å². The number of carbonyl (C=O) groups excluding carboxylic acids is 4. The minimum atomic E-state index is -4.49. The van der Waals surface area contributed by atoms with Gasteiger partial charge in [-0.15, -0.1) is 0 Å². The van der Waals surface area contributed by atoms with E-state index in [0.717, 1.165) is 12.1 Å². The molecule has 3 heterocycles. The molecule has 16 heteroatoms. The van der Waals surface area contributed by atoms with Gasteiger partial charge in [-0.25, -0.2) is 9.48 Å². The second kappa shape index (κ2) is 16.3. The van der Waals surface area contributed by atoms with E-state index in [4.69, 9.17) is 13.9 Å². The van der Waals surface area contributed by atoms with Crippen molar-refractivity contribution in [2.24, 2.45) is 0 Å². The second-order valence-corrected chi connectivity index (χ2v) is 13.2. The largest absolute Gasteiger partial charge is 0.469 e. The molecule has 13 nitrogen and oxygen atoms in total. The zero-order valence-corrected chi connectivity index (χ0v) is 29.6. The molecule has 1 aliphatic rings. The number of rotatable bonds is 12. The summed E-state index contributed by atoms with van der Waals surface area (Å²) in [6.07, 6.45) is -4.76. The Hall–Kier alpha value is -5.80. The van der Waals surface area contributed by atoms with Crippen LogP contribution in [0.2, 0.25) is 0 Å². The first-order chi connectivity index (χ1) is 25.1. The molecule has 1 N–H and O–H groups in total. The number of para-hydroxylation sites is 1. The summed E-state index contributed by atoms with van der Waals surface area (Å²) in [7, 11) is 1.23. The highest BCUT2D eigenvalue weighted by atomic mass is 19.4. The van der Waals surface area contributed by atoms with Gasteiger partial charge in [0.25, 0.3) is 5.91 Å². The Morgan fingerprint density at radius 3 is 2.26 bits per heavy atom. The lowest BCUT2D eigenvalue weighted by atomic mass is 10.1. The zero-order chi connectivity index (χ0) is 38.3. The smallest absolute Gasteiger partial charge is 0.416 e. The molecule has 2 aromatic heterocycles. The summed E-state index contributed by atoms with van der Waals surface area (Å²) < 4.78 is 62.9. The lowest BCUT2D eigenvalue weighted by Crippen LogP contribution is -2.55. The molecular weight excluding hydrogens is 699 g/mol. The number of benzene rings is 2. The van der Waals surface area contributed by atoms with Crippen LogP contribution in [0.3, 0.4) is 0 Å². The third kappa shape index (κ3) is 10.2. The maximum Gasteiger partial charge on any atom is 0.416 e. The van der Waals surface area contributed by atoms with Crippen LogP contribution in [0.15, 0.2) is 77.2 Å². The summed E-state index contributed by atoms with van der Waals surface area (Å²) >= 11 is 0. The Kier molecular flexibility index (Phi) is 11.8. The Morgan fingerprint density at radius 1 is 0.906 bits per heavy atom. The molecule has 1 fully saturated rings. The Bertz CT molecular complexity index is 1910. The predicted molar refractivity (Wildman–Crippen MR) is 185 cm³/mol. The Morgan fingerprint density at radius 2 is 1.60 bits per heavy atom. The maximum absolute atomic E-state index is 13.9. The van der Waals surface area contributed by atoms with Crippen molar-refractivity contribution in [1.29, 1.82) is 0 Å². The Balaban J connectivity index is 1.33. The number of nitrogens with one attached hydrogen (secondary N) is 1. The van der Waals surface area contributed by atoms with Crippen LogP contribution in [0.4, 0.5) is 18.9 Å². The van der Waals surface area contributed by atoms with Gasteiger partial charge in [0.05, 0.1) is 18.4 Å². The number of piperazine rings is 1. The fourth-order valence-corrected chi connectivity index (χ4v) is 5.57. The summed E-state index contributed by atoms with van der Waals surface area (Å²) in [5, 5.41) is 7.17. The molecule has 4 aromatic rings. The first-order valence-corrected chi connectivity index (χ1v) is 16.8. The third-order valence-electron chi connectivity index (χ3n) is 8.11. The summed E-state index contributed by atoms with van der Waals surface area (Å²) in [5.41, 5.74) is -0.688. The summed E-state index contributed by atoms with van der Waals surface area (Å²) in [5.74, 6) is -1.96. The minimum absolute atomic E-state index is 0.0121. The van der Waals surface area contributed by atoms with Crippen molar-refractivity contribution in [2.45, 2.75) is 58.0 Å². The van der Waals surface area contributed by atoms with E-state index >= 15 is 0 Å². The number of halogens is 3. The molecule has 1 atom stereocenters. The third-order valence-corrected chi connectivity index (χ3v) is 8.11. The molecule has 0 saturated carbocycles. The molecule has 0 radical (unpaired) electrons. The molecular formula is C37H40F3N5O8. The molecule has 0 aliphatic carbocycles. The van der Waals surface area contributed by atoms with Crippen LogP contribution < -0.4 is 15.0 Å². The lowest BCUT2D eigenvalue weighted by molar-refractivity contribution is -0.155. The number of alkyl halides is 3. The summed E-state index contributed by atoms with van der Waals surface area (Å²) in [6, 6.07) is 17.0. The molecule has 5 rings (SSSR count). The van der Waals surface area contributed by atoms with Crippen LogP contribution >= 0.6 is 0 Å². The van der Waals surface area contributed by atoms with E-state index in [0.29, 0.717) is 17.1 Å². The van der Waals surface area contributed by atoms with Crippen molar-refractivity contribution < 1.29 is 51.0 Å². The number of ether oxygens (including phenoxy) is 3. The van der Waals surface area contributed by atoms with E-state index < -0.39 is 47.1 Å². The number of carbonyl (C=O) groups is 4. The highest BCUT2D eigenvalue weighted by Crippen LogP contribution is 2.32. The van der Waals surface area contributed by atoms with Gasteiger partial charge < -0.3 is 33.7 Å². The molecule has 0 bridgehead atoms. The molecule has 2 aromatic carbocycles. The van der Waals surface area contributed by atoms with Gasteiger partial charge >= 0.3 is 18.1 Å². The molecule has 2 amide bonds. The highest BCUT2D eigenvalue weighted by molar-refractivity contribution is 5.96. The van der Waals surface area contributed by atoms with E-state index in [1.165, 1.54) is 34.9 Å². The quantitative estimate of drug-likeness (QED) is 0.187. The number of hydrogen-bond donors (Lipinski definition) is 1. The van der Waals surface area contributed by atoms with Gasteiger partial charge in [-0.05, 0) is 69.7 Å². The van der Waals surface area contributed by atoms with E-state index in [2.05, 4.69) is 15.2 Å². The van der Waals surface area contributed by atoms with E-state index in [-0.39, 0.29) is 63.0 Å². The number of methoxy groups -OCH3 is 1. The first-order valence-electron chi connectivity index (χ1n) is 16.8. The van der Waals surface area contributed by atoms with Crippen LogP contribution in [0.25, 0.3) is 5.69 Å². The fourth-order valence-electron chi connectivity index (χ4n) is 5.57. The van der Waals surface area contributed by atoms with Gasteiger partial charge in [0.1, 0.15) is 24.0 Å². The van der Waals surface area contributed by atoms with E-state index in [9.17, 15) is 32.3 Å². The van der Waals surface area contributed by atoms with Crippen molar-refractivity contribution >= 4 is 29.4 Å². The SMILES string of the molecule is COC(=O)c1ccc(COc2cc(C(=O)N[C@@H](CCC(=O)OC(C)(C)C)C(=O)N3CCN(c4cccc(C(F)(F)F)c4)CC3)nn2-c2ccccc2)o1. The minimum Gasteiger partial charge on any atom is -0.469 e. The normalized spacial score (nSPS) is 14.0. The van der Waals surface area contributed by atoms with Gasteiger partial charge in [0, 0.05) is 44.4 Å². The van der Waals surface area contributed by atoms with Gasteiger partial charge in [-0.2, -0.15) is 18.3 Å². The van der Waals surface area contributed by atoms with Crippen LogP contribution in [-0.2, 0) is 31.8 Å². The van der Waals surface area contributed by atoms with Crippen LogP contribution in [-0.4, -0.2) is 83.4 Å². The van der Waals surface area contributed by atoms with Crippen molar-refractivity contribution in [2.75, 3.05) is 38.2 Å². The summed E-state index contributed by atoms with van der Waals surface area (Å²) in [4.78, 5) is 55.4. The number of anilines is 1. The molecule has 53 heavy (non-hydrogen) atoms. The average molecular weight is 740 g/mol. The number of aromatic nitrogens is 2. The fraction of sp³-hybridized carbons (Fsp3) is 0.378. The van der Waals surface area contributed by atoms with Crippen molar-refractivity contribution in [3.05, 3.63) is 95.6 Å². The van der Waals surface area contributed by atoms with Gasteiger partial charge in [0.15, 0.2) is 5.69 Å². The van der Waals surface area contributed by atoms with Gasteiger partial charge in [0.2, 0.25) is 17.5 Å². The number of nitrogens with zero attached hydrogens (tertiary/aromatic N) is 4. The van der Waals surface area contributed by atoms with Gasteiger partial charge in [-0.1, -0.05) is 24.3 Å². The first kappa shape index (κ1) is 38.4. The van der Waals surface area contributed by atoms with Crippen LogP contribution in [0.1, 0.15) is 66.0 Å². The lowest BCUT2D eigenvalue weighted by Gasteiger charge is -2.37. The molecule has 1 saturated heterocycles. The van der Waals surface area contributed by atoms with Gasteiger partial charge in [-0.3, -0.25) is 14.4 Å². The maximum atomic E-state index is 13.9. The van der Waals surface area contributed by atoms with Crippen LogP contribution in [0, 0.1) is 0 Å². The van der Waals surface area contributed by atoms with Crippen molar-refractivity contribution in [1.82, 2.24) is 20.0 Å². The van der Waals surface area contributed by atoms with E-state index in [1.807, 2.05) is 0 Å². The average Bonchev–Trinajstić information content (AvgIpc) is 3.79. The number of amides is 2. The highest BCUT2D eigenvalue weighted by Gasteiger charge is 2.33. The zero-order valence-electron chi connectivity index (χ0n) is 29.6. The molecule has 0 unspecified atom stereocenters. The number of esters is 2. The van der Waals surface area contributed by atoms with E-state index in [1.54, 1.807) is 68.1 Å².